The number of aromatic amines is 1. The van der Waals surface area contributed by atoms with E-state index >= 15 is 0 Å². The molecule has 13 nitrogen and oxygen atoms in total. The van der Waals surface area contributed by atoms with Crippen LogP contribution in [0.3, 0.4) is 0 Å². The summed E-state index contributed by atoms with van der Waals surface area (Å²) in [7, 11) is 0. The fraction of sp³-hybridized carbons (Fsp3) is 0.130. The summed E-state index contributed by atoms with van der Waals surface area (Å²) in [6, 6.07) is 45.3. The van der Waals surface area contributed by atoms with Crippen LogP contribution in [0.2, 0.25) is 0 Å². The van der Waals surface area contributed by atoms with Crippen molar-refractivity contribution in [2.75, 3.05) is 6.61 Å². The van der Waals surface area contributed by atoms with Crippen molar-refractivity contribution in [1.29, 1.82) is 0 Å². The van der Waals surface area contributed by atoms with Crippen LogP contribution < -0.4 is 5.69 Å². The second kappa shape index (κ2) is 17.2. The van der Waals surface area contributed by atoms with Gasteiger partial charge in [0.05, 0.1) is 27.9 Å². The molecule has 8 rings (SSSR count). The number of rotatable bonds is 11. The average Bonchev–Trinajstić information content (AvgIpc) is 3.68. The normalized spacial score (nSPS) is 18.7. The van der Waals surface area contributed by atoms with Gasteiger partial charge in [0, 0.05) is 0 Å². The van der Waals surface area contributed by atoms with Gasteiger partial charge >= 0.3 is 29.6 Å². The van der Waals surface area contributed by atoms with Gasteiger partial charge in [0.1, 0.15) is 12.7 Å². The van der Waals surface area contributed by atoms with Crippen LogP contribution in [0, 0.1) is 0 Å². The molecule has 0 bridgehead atoms. The Morgan fingerprint density at radius 2 is 1.00 bits per heavy atom. The van der Waals surface area contributed by atoms with Gasteiger partial charge in [-0.3, -0.25) is 4.98 Å². The summed E-state index contributed by atoms with van der Waals surface area (Å²) in [6.07, 6.45) is -7.66. The number of carbonyl (C=O) groups excluding carboxylic acids is 4. The SMILES string of the molecule is O=C(OC[C@H]1O[C@@H](c2nn(-c3ccc4ccccc4c3)c(=O)[nH]2)[C@H](OC(=O)c2ccccc2)[C@@H](OC(=O)c2ccccc2)[C@@H]1OC(=O)c1ccccc1)c1ccccc1. The molecule has 1 aliphatic rings. The summed E-state index contributed by atoms with van der Waals surface area (Å²) >= 11 is 0. The number of esters is 4. The number of nitrogens with one attached hydrogen (secondary N) is 1. The van der Waals surface area contributed by atoms with E-state index in [1.54, 1.807) is 97.1 Å². The number of ether oxygens (including phenoxy) is 5. The molecule has 7 aromatic rings. The van der Waals surface area contributed by atoms with Crippen LogP contribution in [0.1, 0.15) is 53.4 Å². The zero-order chi connectivity index (χ0) is 40.7. The molecular weight excluding hydrogens is 755 g/mol. The third-order valence-corrected chi connectivity index (χ3v) is 9.66. The van der Waals surface area contributed by atoms with E-state index < -0.39 is 66.7 Å². The molecule has 1 N–H and O–H groups in total. The van der Waals surface area contributed by atoms with Gasteiger partial charge in [-0.2, -0.15) is 4.68 Å². The molecule has 13 heteroatoms. The molecule has 2 heterocycles. The maximum absolute atomic E-state index is 14.0. The molecule has 0 unspecified atom stereocenters. The Labute approximate surface area is 336 Å². The van der Waals surface area contributed by atoms with Gasteiger partial charge in [0.15, 0.2) is 30.2 Å². The van der Waals surface area contributed by atoms with E-state index in [9.17, 15) is 24.0 Å². The second-order valence-electron chi connectivity index (χ2n) is 13.5. The topological polar surface area (TPSA) is 165 Å². The molecule has 0 saturated carbocycles. The molecule has 0 amide bonds. The number of fused-ring (bicyclic) bond motifs is 1. The summed E-state index contributed by atoms with van der Waals surface area (Å²) in [4.78, 5) is 71.4. The summed E-state index contributed by atoms with van der Waals surface area (Å²) in [5, 5.41) is 6.39. The molecule has 1 fully saturated rings. The van der Waals surface area contributed by atoms with Gasteiger partial charge in [-0.05, 0) is 71.4 Å². The lowest BCUT2D eigenvalue weighted by atomic mass is 9.93. The zero-order valence-electron chi connectivity index (χ0n) is 31.2. The van der Waals surface area contributed by atoms with E-state index in [1.807, 2.05) is 30.3 Å². The third kappa shape index (κ3) is 8.55. The van der Waals surface area contributed by atoms with E-state index in [2.05, 4.69) is 10.1 Å². The van der Waals surface area contributed by atoms with Gasteiger partial charge in [0.25, 0.3) is 0 Å². The number of hydrogen-bond donors (Lipinski definition) is 1. The maximum Gasteiger partial charge on any atom is 0.348 e. The molecule has 1 aromatic heterocycles. The maximum atomic E-state index is 14.0. The first kappa shape index (κ1) is 38.2. The number of aromatic nitrogens is 3. The molecule has 0 spiro atoms. The summed E-state index contributed by atoms with van der Waals surface area (Å²) in [5.74, 6) is -3.37. The Morgan fingerprint density at radius 3 is 1.54 bits per heavy atom. The molecule has 6 aromatic carbocycles. The smallest absolute Gasteiger partial charge is 0.348 e. The van der Waals surface area contributed by atoms with Gasteiger partial charge in [-0.25, -0.2) is 24.0 Å². The monoisotopic (exact) mass is 789 g/mol. The van der Waals surface area contributed by atoms with Crippen molar-refractivity contribution in [3.8, 4) is 5.69 Å². The standard InChI is InChI=1S/C46H35N3O10/c50-42(30-16-5-1-6-17-30)55-28-36-37(57-43(51)31-18-7-2-8-19-31)38(58-44(52)32-20-9-3-10-21-32)39(59-45(53)33-22-11-4-12-23-33)40(56-36)41-47-46(54)49(48-41)35-26-25-29-15-13-14-24-34(29)27-35/h1-27,36-40H,28H2,(H,47,48,54)/t36-,37-,38+,39-,40-/m1/s1. The lowest BCUT2D eigenvalue weighted by Gasteiger charge is -2.44. The minimum Gasteiger partial charge on any atom is -0.459 e. The highest BCUT2D eigenvalue weighted by Crippen LogP contribution is 2.37. The Hall–Kier alpha value is -7.64. The van der Waals surface area contributed by atoms with Crippen molar-refractivity contribution in [3.63, 3.8) is 0 Å². The molecule has 294 valence electrons. The van der Waals surface area contributed by atoms with E-state index in [0.29, 0.717) is 5.69 Å². The largest absolute Gasteiger partial charge is 0.459 e. The lowest BCUT2D eigenvalue weighted by Crippen LogP contribution is -2.60. The van der Waals surface area contributed by atoms with Gasteiger partial charge < -0.3 is 23.7 Å². The number of carbonyl (C=O) groups is 4. The first-order valence-corrected chi connectivity index (χ1v) is 18.7. The molecule has 59 heavy (non-hydrogen) atoms. The molecule has 1 saturated heterocycles. The van der Waals surface area contributed by atoms with E-state index in [-0.39, 0.29) is 28.1 Å². The number of H-pyrrole nitrogens is 1. The lowest BCUT2D eigenvalue weighted by molar-refractivity contribution is -0.233. The van der Waals surface area contributed by atoms with Gasteiger partial charge in [-0.1, -0.05) is 103 Å². The average molecular weight is 790 g/mol. The van der Waals surface area contributed by atoms with Crippen LogP contribution in [0.4, 0.5) is 0 Å². The molecular formula is C46H35N3O10. The van der Waals surface area contributed by atoms with E-state index in [4.69, 9.17) is 23.7 Å². The molecule has 1 aliphatic heterocycles. The van der Waals surface area contributed by atoms with Crippen molar-refractivity contribution in [2.45, 2.75) is 30.5 Å². The van der Waals surface area contributed by atoms with Crippen LogP contribution >= 0.6 is 0 Å². The highest BCUT2D eigenvalue weighted by atomic mass is 16.7. The van der Waals surface area contributed by atoms with Gasteiger partial charge in [0.2, 0.25) is 0 Å². The highest BCUT2D eigenvalue weighted by molar-refractivity contribution is 5.92. The van der Waals surface area contributed by atoms with Crippen LogP contribution in [-0.2, 0) is 23.7 Å². The van der Waals surface area contributed by atoms with Crippen molar-refractivity contribution < 1.29 is 42.9 Å². The predicted molar refractivity (Wildman–Crippen MR) is 213 cm³/mol. The summed E-state index contributed by atoms with van der Waals surface area (Å²) in [6.45, 7) is -0.536. The number of nitrogens with zero attached hydrogens (tertiary/aromatic N) is 2. The summed E-state index contributed by atoms with van der Waals surface area (Å²) in [5.41, 5.74) is 0.426. The molecule has 5 atom stereocenters. The van der Waals surface area contributed by atoms with Crippen molar-refractivity contribution in [3.05, 3.63) is 202 Å². The Kier molecular flexibility index (Phi) is 11.2. The van der Waals surface area contributed by atoms with Gasteiger partial charge in [-0.15, -0.1) is 5.10 Å². The Morgan fingerprint density at radius 1 is 0.542 bits per heavy atom. The second-order valence-corrected chi connectivity index (χ2v) is 13.5. The van der Waals surface area contributed by atoms with Crippen molar-refractivity contribution in [2.24, 2.45) is 0 Å². The van der Waals surface area contributed by atoms with Crippen molar-refractivity contribution >= 4 is 34.6 Å². The van der Waals surface area contributed by atoms with Crippen LogP contribution in [0.25, 0.3) is 16.5 Å². The predicted octanol–water partition coefficient (Wildman–Crippen LogP) is 6.69. The van der Waals surface area contributed by atoms with Crippen LogP contribution in [0.5, 0.6) is 0 Å². The van der Waals surface area contributed by atoms with Crippen LogP contribution in [-0.4, -0.2) is 69.7 Å². The van der Waals surface area contributed by atoms with E-state index in [0.717, 1.165) is 15.5 Å². The minimum atomic E-state index is -1.63. The zero-order valence-corrected chi connectivity index (χ0v) is 31.2. The minimum absolute atomic E-state index is 0.123. The quantitative estimate of drug-likeness (QED) is 0.110. The molecule has 0 radical (unpaired) electrons. The fourth-order valence-corrected chi connectivity index (χ4v) is 6.74. The van der Waals surface area contributed by atoms with E-state index in [1.165, 1.54) is 36.4 Å². The number of hydrogen-bond acceptors (Lipinski definition) is 11. The number of benzene rings is 6. The van der Waals surface area contributed by atoms with Crippen molar-refractivity contribution in [1.82, 2.24) is 14.8 Å². The van der Waals surface area contributed by atoms with Crippen LogP contribution in [0.15, 0.2) is 169 Å². The third-order valence-electron chi connectivity index (χ3n) is 9.66. The Balaban J connectivity index is 1.24. The summed E-state index contributed by atoms with van der Waals surface area (Å²) < 4.78 is 31.9. The molecule has 0 aliphatic carbocycles. The fourth-order valence-electron chi connectivity index (χ4n) is 6.74. The first-order chi connectivity index (χ1) is 28.8. The Bertz CT molecular complexity index is 2650. The first-order valence-electron chi connectivity index (χ1n) is 18.7. The highest BCUT2D eigenvalue weighted by Gasteiger charge is 2.54.